The smallest absolute Gasteiger partial charge is 0.257 e. The highest BCUT2D eigenvalue weighted by Crippen LogP contribution is 2.46. The van der Waals surface area contributed by atoms with Crippen LogP contribution in [-0.4, -0.2) is 17.9 Å². The topological polar surface area (TPSA) is 72.2 Å². The van der Waals surface area contributed by atoms with Gasteiger partial charge in [0.1, 0.15) is 29.1 Å². The molecule has 0 spiro atoms. The van der Waals surface area contributed by atoms with Crippen LogP contribution >= 0.6 is 0 Å². The molecule has 0 bridgehead atoms. The van der Waals surface area contributed by atoms with E-state index in [1.54, 1.807) is 24.3 Å². The van der Waals surface area contributed by atoms with Gasteiger partial charge in [0.25, 0.3) is 5.91 Å². The van der Waals surface area contributed by atoms with Crippen LogP contribution in [0, 0.1) is 17.5 Å². The Labute approximate surface area is 164 Å². The zero-order valence-corrected chi connectivity index (χ0v) is 15.0. The summed E-state index contributed by atoms with van der Waals surface area (Å²) in [5.74, 6) is -6.56. The lowest BCUT2D eigenvalue weighted by Gasteiger charge is -2.24. The van der Waals surface area contributed by atoms with E-state index in [9.17, 15) is 22.8 Å². The normalized spacial score (nSPS) is 13.5. The summed E-state index contributed by atoms with van der Waals surface area (Å²) in [4.78, 5) is 24.8. The Morgan fingerprint density at radius 3 is 1.83 bits per heavy atom. The second-order valence-electron chi connectivity index (χ2n) is 6.75. The van der Waals surface area contributed by atoms with Crippen molar-refractivity contribution in [3.63, 3.8) is 0 Å². The van der Waals surface area contributed by atoms with E-state index in [0.29, 0.717) is 12.1 Å². The van der Waals surface area contributed by atoms with Crippen molar-refractivity contribution in [3.05, 3.63) is 94.8 Å². The molecule has 0 saturated heterocycles. The number of primary amides is 1. The van der Waals surface area contributed by atoms with Gasteiger partial charge in [0.15, 0.2) is 0 Å². The molecule has 3 N–H and O–H groups in total. The molecule has 4 rings (SSSR count). The maximum absolute atomic E-state index is 14.0. The summed E-state index contributed by atoms with van der Waals surface area (Å²) < 4.78 is 41.2. The van der Waals surface area contributed by atoms with Crippen molar-refractivity contribution in [1.82, 2.24) is 5.32 Å². The number of hydrogen-bond donors (Lipinski definition) is 2. The Balaban J connectivity index is 1.77. The molecule has 146 valence electrons. The summed E-state index contributed by atoms with van der Waals surface area (Å²) in [5, 5.41) is 2.34. The average Bonchev–Trinajstić information content (AvgIpc) is 2.99. The fourth-order valence-corrected chi connectivity index (χ4v) is 3.84. The zero-order chi connectivity index (χ0) is 20.7. The first-order chi connectivity index (χ1) is 13.9. The molecule has 0 heterocycles. The van der Waals surface area contributed by atoms with Gasteiger partial charge in [0.05, 0.1) is 0 Å². The van der Waals surface area contributed by atoms with E-state index in [4.69, 9.17) is 5.73 Å². The molecule has 1 aliphatic rings. The monoisotopic (exact) mass is 396 g/mol. The number of nitrogens with one attached hydrogen (secondary N) is 1. The minimum atomic E-state index is -1.37. The first-order valence-corrected chi connectivity index (χ1v) is 8.81. The number of nitrogens with two attached hydrogens (primary N) is 1. The maximum atomic E-state index is 14.0. The summed E-state index contributed by atoms with van der Waals surface area (Å²) in [5.41, 5.74) is 7.87. The predicted octanol–water partition coefficient (Wildman–Crippen LogP) is 3.50. The summed E-state index contributed by atoms with van der Waals surface area (Å²) in [6.07, 6.45) is 0. The zero-order valence-electron chi connectivity index (χ0n) is 15.0. The Hall–Kier alpha value is -3.61. The quantitative estimate of drug-likeness (QED) is 0.709. The number of fused-ring (bicyclic) bond motifs is 3. The average molecular weight is 396 g/mol. The number of rotatable bonds is 4. The van der Waals surface area contributed by atoms with Crippen LogP contribution in [0.3, 0.4) is 0 Å². The van der Waals surface area contributed by atoms with E-state index < -0.39 is 46.8 Å². The lowest BCUT2D eigenvalue weighted by molar-refractivity contribution is -0.120. The van der Waals surface area contributed by atoms with Gasteiger partial charge in [-0.1, -0.05) is 48.5 Å². The Morgan fingerprint density at radius 2 is 1.34 bits per heavy atom. The second kappa shape index (κ2) is 7.09. The van der Waals surface area contributed by atoms with Crippen LogP contribution in [0.5, 0.6) is 0 Å². The predicted molar refractivity (Wildman–Crippen MR) is 100 cm³/mol. The molecule has 4 nitrogen and oxygen atoms in total. The minimum Gasteiger partial charge on any atom is -0.368 e. The molecule has 2 amide bonds. The van der Waals surface area contributed by atoms with Crippen molar-refractivity contribution in [3.8, 4) is 11.1 Å². The van der Waals surface area contributed by atoms with Crippen molar-refractivity contribution >= 4 is 11.8 Å². The van der Waals surface area contributed by atoms with Gasteiger partial charge >= 0.3 is 0 Å². The van der Waals surface area contributed by atoms with Crippen LogP contribution in [0.2, 0.25) is 0 Å². The van der Waals surface area contributed by atoms with E-state index in [-0.39, 0.29) is 0 Å². The summed E-state index contributed by atoms with van der Waals surface area (Å²) >= 11 is 0. The first kappa shape index (κ1) is 18.7. The standard InChI is InChI=1S/C22H15F3N2O2/c23-11-9-16(24)19(17(25)10-11)22(29)27-20(21(26)28)18-14-7-3-1-5-12(14)13-6-2-4-8-15(13)18/h1-10,18,20H,(H2,26,28)(H,27,29)/t20-/m1/s1. The highest BCUT2D eigenvalue weighted by Gasteiger charge is 2.38. The van der Waals surface area contributed by atoms with Crippen LogP contribution in [-0.2, 0) is 4.79 Å². The van der Waals surface area contributed by atoms with Gasteiger partial charge in [0, 0.05) is 18.1 Å². The molecule has 3 aromatic rings. The van der Waals surface area contributed by atoms with Crippen LogP contribution in [0.1, 0.15) is 27.4 Å². The first-order valence-electron chi connectivity index (χ1n) is 8.81. The van der Waals surface area contributed by atoms with Gasteiger partial charge < -0.3 is 11.1 Å². The van der Waals surface area contributed by atoms with Crippen molar-refractivity contribution in [2.45, 2.75) is 12.0 Å². The number of halogens is 3. The molecule has 1 atom stereocenters. The molecular weight excluding hydrogens is 381 g/mol. The van der Waals surface area contributed by atoms with E-state index >= 15 is 0 Å². The maximum Gasteiger partial charge on any atom is 0.257 e. The molecule has 0 radical (unpaired) electrons. The molecule has 7 heteroatoms. The van der Waals surface area contributed by atoms with Gasteiger partial charge in [-0.2, -0.15) is 0 Å². The Morgan fingerprint density at radius 1 is 0.862 bits per heavy atom. The van der Waals surface area contributed by atoms with E-state index in [2.05, 4.69) is 5.32 Å². The third kappa shape index (κ3) is 3.14. The van der Waals surface area contributed by atoms with Gasteiger partial charge in [-0.25, -0.2) is 13.2 Å². The van der Waals surface area contributed by atoms with Crippen molar-refractivity contribution < 1.29 is 22.8 Å². The van der Waals surface area contributed by atoms with Crippen LogP contribution in [0.25, 0.3) is 11.1 Å². The highest BCUT2D eigenvalue weighted by molar-refractivity contribution is 5.99. The molecule has 0 fully saturated rings. The molecule has 29 heavy (non-hydrogen) atoms. The molecule has 3 aromatic carbocycles. The SMILES string of the molecule is NC(=O)[C@H](NC(=O)c1c(F)cc(F)cc1F)C1c2ccccc2-c2ccccc21. The molecule has 0 aromatic heterocycles. The Kier molecular flexibility index (Phi) is 4.58. The molecule has 0 unspecified atom stereocenters. The second-order valence-corrected chi connectivity index (χ2v) is 6.75. The third-order valence-electron chi connectivity index (χ3n) is 5.04. The Bertz CT molecular complexity index is 1080. The lowest BCUT2D eigenvalue weighted by atomic mass is 9.88. The lowest BCUT2D eigenvalue weighted by Crippen LogP contribution is -2.48. The minimum absolute atomic E-state index is 0.400. The van der Waals surface area contributed by atoms with Crippen molar-refractivity contribution in [2.24, 2.45) is 5.73 Å². The summed E-state index contributed by atoms with van der Waals surface area (Å²) in [7, 11) is 0. The third-order valence-corrected chi connectivity index (χ3v) is 5.04. The summed E-state index contributed by atoms with van der Waals surface area (Å²) in [6.45, 7) is 0. The van der Waals surface area contributed by atoms with Gasteiger partial charge in [-0.05, 0) is 22.3 Å². The van der Waals surface area contributed by atoms with E-state index in [1.807, 2.05) is 24.3 Å². The number of carbonyl (C=O) groups excluding carboxylic acids is 2. The molecule has 1 aliphatic carbocycles. The van der Waals surface area contributed by atoms with E-state index in [0.717, 1.165) is 22.3 Å². The largest absolute Gasteiger partial charge is 0.368 e. The van der Waals surface area contributed by atoms with Crippen molar-refractivity contribution in [1.29, 1.82) is 0 Å². The molecular formula is C22H15F3N2O2. The van der Waals surface area contributed by atoms with Gasteiger partial charge in [-0.15, -0.1) is 0 Å². The van der Waals surface area contributed by atoms with Gasteiger partial charge in [0.2, 0.25) is 5.91 Å². The fraction of sp³-hybridized carbons (Fsp3) is 0.0909. The van der Waals surface area contributed by atoms with Crippen LogP contribution in [0.4, 0.5) is 13.2 Å². The van der Waals surface area contributed by atoms with Crippen LogP contribution in [0.15, 0.2) is 60.7 Å². The van der Waals surface area contributed by atoms with E-state index in [1.165, 1.54) is 0 Å². The number of benzene rings is 3. The number of carbonyl (C=O) groups is 2. The number of amides is 2. The van der Waals surface area contributed by atoms with Crippen molar-refractivity contribution in [2.75, 3.05) is 0 Å². The fourth-order valence-electron chi connectivity index (χ4n) is 3.84. The molecule has 0 saturated carbocycles. The summed E-state index contributed by atoms with van der Waals surface area (Å²) in [6, 6.07) is 14.2. The highest BCUT2D eigenvalue weighted by atomic mass is 19.1. The number of hydrogen-bond acceptors (Lipinski definition) is 2. The van der Waals surface area contributed by atoms with Crippen LogP contribution < -0.4 is 11.1 Å². The molecule has 0 aliphatic heterocycles. The van der Waals surface area contributed by atoms with Gasteiger partial charge in [-0.3, -0.25) is 9.59 Å².